The highest BCUT2D eigenvalue weighted by molar-refractivity contribution is 9.10. The predicted octanol–water partition coefficient (Wildman–Crippen LogP) is 3.95. The topological polar surface area (TPSA) is 44.1 Å². The summed E-state index contributed by atoms with van der Waals surface area (Å²) in [7, 11) is 0. The molecule has 0 bridgehead atoms. The van der Waals surface area contributed by atoms with Crippen molar-refractivity contribution in [2.75, 3.05) is 4.90 Å². The molecule has 0 N–H and O–H groups in total. The fourth-order valence-corrected chi connectivity index (χ4v) is 2.67. The van der Waals surface area contributed by atoms with Gasteiger partial charge < -0.3 is 0 Å². The van der Waals surface area contributed by atoms with Gasteiger partial charge in [0.2, 0.25) is 0 Å². The third kappa shape index (κ3) is 1.75. The molecule has 0 atom stereocenters. The molecule has 2 aromatic rings. The van der Waals surface area contributed by atoms with Crippen LogP contribution in [-0.4, -0.2) is 5.91 Å². The van der Waals surface area contributed by atoms with Gasteiger partial charge in [-0.1, -0.05) is 40.7 Å². The first-order valence-corrected chi connectivity index (χ1v) is 6.75. The molecule has 0 aromatic heterocycles. The van der Waals surface area contributed by atoms with Crippen molar-refractivity contribution < 1.29 is 4.79 Å². The molecule has 0 saturated heterocycles. The largest absolute Gasteiger partial charge is 0.276 e. The summed E-state index contributed by atoms with van der Waals surface area (Å²) >= 11 is 3.37. The molecule has 2 aromatic carbocycles. The minimum atomic E-state index is -0.153. The van der Waals surface area contributed by atoms with Crippen LogP contribution < -0.4 is 4.90 Å². The van der Waals surface area contributed by atoms with Crippen LogP contribution in [0.15, 0.2) is 53.5 Å². The van der Waals surface area contributed by atoms with Crippen LogP contribution in [0.4, 0.5) is 5.69 Å². The zero-order valence-electron chi connectivity index (χ0n) is 10.4. The number of fused-ring (bicyclic) bond motifs is 1. The molecule has 3 rings (SSSR count). The van der Waals surface area contributed by atoms with Crippen LogP contribution in [0.5, 0.6) is 0 Å². The highest BCUT2D eigenvalue weighted by Gasteiger charge is 2.33. The summed E-state index contributed by atoms with van der Waals surface area (Å²) < 4.78 is 0.808. The van der Waals surface area contributed by atoms with Crippen LogP contribution in [0.1, 0.15) is 21.5 Å². The fourth-order valence-electron chi connectivity index (χ4n) is 2.32. The van der Waals surface area contributed by atoms with E-state index in [9.17, 15) is 10.1 Å². The van der Waals surface area contributed by atoms with Gasteiger partial charge in [-0.3, -0.25) is 9.69 Å². The number of rotatable bonds is 1. The van der Waals surface area contributed by atoms with Gasteiger partial charge in [-0.05, 0) is 24.3 Å². The maximum Gasteiger partial charge on any atom is 0.263 e. The van der Waals surface area contributed by atoms with Gasteiger partial charge in [0.25, 0.3) is 5.91 Å². The van der Waals surface area contributed by atoms with Crippen LogP contribution in [0.3, 0.4) is 0 Å². The summed E-state index contributed by atoms with van der Waals surface area (Å²) in [5, 5.41) is 9.23. The summed E-state index contributed by atoms with van der Waals surface area (Å²) in [6.45, 7) is 3.99. The molecule has 0 fully saturated rings. The molecule has 3 nitrogen and oxygen atoms in total. The molecule has 1 aliphatic heterocycles. The number of carbonyl (C=O) groups is 1. The first kappa shape index (κ1) is 12.6. The Morgan fingerprint density at radius 3 is 2.50 bits per heavy atom. The average Bonchev–Trinajstić information content (AvgIpc) is 2.71. The average molecular weight is 325 g/mol. The Labute approximate surface area is 124 Å². The molecule has 20 heavy (non-hydrogen) atoms. The van der Waals surface area contributed by atoms with E-state index in [-0.39, 0.29) is 5.91 Å². The zero-order valence-corrected chi connectivity index (χ0v) is 12.0. The van der Waals surface area contributed by atoms with Gasteiger partial charge in [0, 0.05) is 15.6 Å². The molecule has 4 heteroatoms. The quantitative estimate of drug-likeness (QED) is 0.797. The second kappa shape index (κ2) is 4.62. The number of carbonyl (C=O) groups excluding carboxylic acids is 1. The van der Waals surface area contributed by atoms with Crippen molar-refractivity contribution in [1.82, 2.24) is 0 Å². The maximum absolute atomic E-state index is 12.5. The summed E-state index contributed by atoms with van der Waals surface area (Å²) in [6, 6.07) is 14.6. The van der Waals surface area contributed by atoms with Gasteiger partial charge >= 0.3 is 0 Å². The van der Waals surface area contributed by atoms with Crippen LogP contribution in [0.2, 0.25) is 0 Å². The van der Waals surface area contributed by atoms with E-state index in [1.165, 1.54) is 4.90 Å². The minimum absolute atomic E-state index is 0.153. The number of benzene rings is 2. The lowest BCUT2D eigenvalue weighted by Crippen LogP contribution is -2.22. The highest BCUT2D eigenvalue weighted by atomic mass is 79.9. The summed E-state index contributed by atoms with van der Waals surface area (Å²) in [4.78, 5) is 14.0. The Morgan fingerprint density at radius 2 is 1.85 bits per heavy atom. The number of nitrogens with zero attached hydrogens (tertiary/aromatic N) is 2. The Balaban J connectivity index is 2.19. The number of amides is 1. The van der Waals surface area contributed by atoms with E-state index in [4.69, 9.17) is 0 Å². The molecule has 1 aliphatic rings. The number of hydrogen-bond donors (Lipinski definition) is 0. The van der Waals surface area contributed by atoms with Crippen LogP contribution in [0.25, 0.3) is 5.70 Å². The molecule has 0 spiro atoms. The minimum Gasteiger partial charge on any atom is -0.276 e. The standard InChI is InChI=1S/C16H9BrN2O/c1-10-13-4-2-3-5-14(13)16(20)19(10)15-8-12(17)7-6-11(15)9-18/h2-8H,1H2. The van der Waals surface area contributed by atoms with Crippen LogP contribution >= 0.6 is 15.9 Å². The number of nitriles is 1. The molecule has 1 heterocycles. The van der Waals surface area contributed by atoms with Crippen molar-refractivity contribution in [1.29, 1.82) is 5.26 Å². The van der Waals surface area contributed by atoms with Gasteiger partial charge in [0.05, 0.1) is 16.9 Å². The molecular weight excluding hydrogens is 316 g/mol. The molecule has 96 valence electrons. The van der Waals surface area contributed by atoms with Crippen LogP contribution in [0, 0.1) is 11.3 Å². The predicted molar refractivity (Wildman–Crippen MR) is 81.1 cm³/mol. The maximum atomic E-state index is 12.5. The molecule has 0 saturated carbocycles. The van der Waals surface area contributed by atoms with Gasteiger partial charge in [-0.15, -0.1) is 0 Å². The SMILES string of the molecule is C=C1c2ccccc2C(=O)N1c1cc(Br)ccc1C#N. The Morgan fingerprint density at radius 1 is 1.15 bits per heavy atom. The monoisotopic (exact) mass is 324 g/mol. The lowest BCUT2D eigenvalue weighted by atomic mass is 10.1. The van der Waals surface area contributed by atoms with Crippen molar-refractivity contribution in [3.63, 3.8) is 0 Å². The van der Waals surface area contributed by atoms with Gasteiger partial charge in [0.1, 0.15) is 6.07 Å². The normalized spacial score (nSPS) is 13.3. The number of hydrogen-bond acceptors (Lipinski definition) is 2. The lowest BCUT2D eigenvalue weighted by Gasteiger charge is -2.19. The van der Waals surface area contributed by atoms with Gasteiger partial charge in [0.15, 0.2) is 0 Å². The summed E-state index contributed by atoms with van der Waals surface area (Å²) in [5.41, 5.74) is 3.01. The van der Waals surface area contributed by atoms with Crippen molar-refractivity contribution in [3.8, 4) is 6.07 Å². The summed E-state index contributed by atoms with van der Waals surface area (Å²) in [6.07, 6.45) is 0. The second-order valence-electron chi connectivity index (χ2n) is 4.41. The highest BCUT2D eigenvalue weighted by Crippen LogP contribution is 2.38. The second-order valence-corrected chi connectivity index (χ2v) is 5.32. The molecule has 0 radical (unpaired) electrons. The Bertz CT molecular complexity index is 754. The van der Waals surface area contributed by atoms with E-state index < -0.39 is 0 Å². The smallest absolute Gasteiger partial charge is 0.263 e. The first-order valence-electron chi connectivity index (χ1n) is 5.96. The summed E-state index contributed by atoms with van der Waals surface area (Å²) in [5.74, 6) is -0.153. The van der Waals surface area contributed by atoms with E-state index in [0.717, 1.165) is 10.0 Å². The van der Waals surface area contributed by atoms with E-state index in [2.05, 4.69) is 28.6 Å². The number of anilines is 1. The third-order valence-corrected chi connectivity index (χ3v) is 3.76. The van der Waals surface area contributed by atoms with E-state index >= 15 is 0 Å². The molecule has 1 amide bonds. The molecule has 0 unspecified atom stereocenters. The number of halogens is 1. The third-order valence-electron chi connectivity index (χ3n) is 3.26. The van der Waals surface area contributed by atoms with Crippen LogP contribution in [-0.2, 0) is 0 Å². The Kier molecular flexibility index (Phi) is 2.92. The lowest BCUT2D eigenvalue weighted by molar-refractivity contribution is 0.101. The first-order chi connectivity index (χ1) is 9.63. The van der Waals surface area contributed by atoms with E-state index in [0.29, 0.717) is 22.5 Å². The van der Waals surface area contributed by atoms with Crippen molar-refractivity contribution >= 4 is 33.2 Å². The zero-order chi connectivity index (χ0) is 14.3. The van der Waals surface area contributed by atoms with Crippen molar-refractivity contribution in [2.24, 2.45) is 0 Å². The van der Waals surface area contributed by atoms with Crippen molar-refractivity contribution in [2.45, 2.75) is 0 Å². The molecular formula is C16H9BrN2O. The van der Waals surface area contributed by atoms with Gasteiger partial charge in [-0.25, -0.2) is 0 Å². The molecule has 0 aliphatic carbocycles. The van der Waals surface area contributed by atoms with E-state index in [1.807, 2.05) is 18.2 Å². The van der Waals surface area contributed by atoms with Crippen molar-refractivity contribution in [3.05, 3.63) is 70.2 Å². The Hall–Kier alpha value is -2.38. The fraction of sp³-hybridized carbons (Fsp3) is 0. The van der Waals surface area contributed by atoms with E-state index in [1.54, 1.807) is 24.3 Å². The van der Waals surface area contributed by atoms with Gasteiger partial charge in [-0.2, -0.15) is 5.26 Å².